The van der Waals surface area contributed by atoms with E-state index >= 15 is 0 Å². The Morgan fingerprint density at radius 3 is 3.18 bits per heavy atom. The van der Waals surface area contributed by atoms with Crippen molar-refractivity contribution in [3.05, 3.63) is 29.6 Å². The Morgan fingerprint density at radius 2 is 2.35 bits per heavy atom. The van der Waals surface area contributed by atoms with Gasteiger partial charge in [-0.2, -0.15) is 5.21 Å². The van der Waals surface area contributed by atoms with Crippen LogP contribution in [0.25, 0.3) is 0 Å². The molecule has 0 fully saturated rings. The first-order valence-corrected chi connectivity index (χ1v) is 5.24. The largest absolute Gasteiger partial charge is 0.384 e. The van der Waals surface area contributed by atoms with Crippen LogP contribution in [0.5, 0.6) is 0 Å². The van der Waals surface area contributed by atoms with Gasteiger partial charge >= 0.3 is 0 Å². The van der Waals surface area contributed by atoms with Crippen molar-refractivity contribution in [1.82, 2.24) is 20.6 Å². The van der Waals surface area contributed by atoms with E-state index in [1.165, 1.54) is 5.56 Å². The minimum atomic E-state index is -0.371. The molecule has 0 aliphatic carbocycles. The quantitative estimate of drug-likeness (QED) is 0.694. The summed E-state index contributed by atoms with van der Waals surface area (Å²) in [6.45, 7) is 0.942. The molecule has 7 heteroatoms. The van der Waals surface area contributed by atoms with Gasteiger partial charge in [0, 0.05) is 17.9 Å². The van der Waals surface area contributed by atoms with Gasteiger partial charge in [0.25, 0.3) is 11.7 Å². The molecule has 17 heavy (non-hydrogen) atoms. The Hall–Kier alpha value is -2.44. The smallest absolute Gasteiger partial charge is 0.297 e. The molecule has 1 aliphatic rings. The fourth-order valence-corrected chi connectivity index (χ4v) is 1.83. The van der Waals surface area contributed by atoms with Gasteiger partial charge < -0.3 is 10.6 Å². The van der Waals surface area contributed by atoms with Crippen LogP contribution in [0.3, 0.4) is 0 Å². The normalized spacial score (nSPS) is 12.9. The van der Waals surface area contributed by atoms with Crippen molar-refractivity contribution in [1.29, 1.82) is 0 Å². The molecule has 3 rings (SSSR count). The molecule has 2 heterocycles. The highest BCUT2D eigenvalue weighted by Gasteiger charge is 2.13. The topological polar surface area (TPSA) is 95.6 Å². The number of hydrogen-bond donors (Lipinski definition) is 3. The first kappa shape index (κ1) is 9.76. The number of hydrogen-bond acceptors (Lipinski definition) is 5. The van der Waals surface area contributed by atoms with Crippen LogP contribution in [0, 0.1) is 0 Å². The molecule has 0 bridgehead atoms. The number of benzene rings is 1. The lowest BCUT2D eigenvalue weighted by Crippen LogP contribution is -2.13. The number of amides is 1. The van der Waals surface area contributed by atoms with Crippen molar-refractivity contribution in [2.45, 2.75) is 6.42 Å². The molecule has 0 saturated heterocycles. The van der Waals surface area contributed by atoms with E-state index in [0.29, 0.717) is 0 Å². The Bertz CT molecular complexity index is 550. The fraction of sp³-hybridized carbons (Fsp3) is 0.200. The lowest BCUT2D eigenvalue weighted by Gasteiger charge is -2.05. The Kier molecular flexibility index (Phi) is 2.21. The number of nitrogens with one attached hydrogen (secondary N) is 3. The zero-order chi connectivity index (χ0) is 11.7. The Morgan fingerprint density at radius 1 is 1.41 bits per heavy atom. The lowest BCUT2D eigenvalue weighted by atomic mass is 10.1. The number of rotatable bonds is 2. The summed E-state index contributed by atoms with van der Waals surface area (Å²) in [6, 6.07) is 5.75. The SMILES string of the molecule is O=C(Nc1ccc2c(c1)CCN2)c1nn[nH]n1. The number of aromatic nitrogens is 4. The molecule has 1 aliphatic heterocycles. The molecule has 0 saturated carbocycles. The maximum atomic E-state index is 11.7. The Balaban J connectivity index is 1.80. The van der Waals surface area contributed by atoms with Gasteiger partial charge in [0.15, 0.2) is 0 Å². The molecule has 0 spiro atoms. The predicted molar refractivity (Wildman–Crippen MR) is 60.8 cm³/mol. The summed E-state index contributed by atoms with van der Waals surface area (Å²) in [7, 11) is 0. The zero-order valence-electron chi connectivity index (χ0n) is 8.90. The number of carbonyl (C=O) groups excluding carboxylic acids is 1. The number of anilines is 2. The third-order valence-corrected chi connectivity index (χ3v) is 2.62. The van der Waals surface area contributed by atoms with Gasteiger partial charge in [-0.15, -0.1) is 10.2 Å². The van der Waals surface area contributed by atoms with Crippen LogP contribution in [0.1, 0.15) is 16.2 Å². The average Bonchev–Trinajstić information content (AvgIpc) is 2.99. The second kappa shape index (κ2) is 3.85. The third kappa shape index (κ3) is 1.82. The van der Waals surface area contributed by atoms with Crippen LogP contribution < -0.4 is 10.6 Å². The number of aromatic amines is 1. The molecule has 3 N–H and O–H groups in total. The van der Waals surface area contributed by atoms with Crippen molar-refractivity contribution in [3.8, 4) is 0 Å². The van der Waals surface area contributed by atoms with E-state index in [1.54, 1.807) is 0 Å². The number of H-pyrrole nitrogens is 1. The van der Waals surface area contributed by atoms with Crippen molar-refractivity contribution in [3.63, 3.8) is 0 Å². The minimum Gasteiger partial charge on any atom is -0.384 e. The molecular formula is C10H10N6O. The zero-order valence-corrected chi connectivity index (χ0v) is 8.90. The average molecular weight is 230 g/mol. The summed E-state index contributed by atoms with van der Waals surface area (Å²) in [5, 5.41) is 18.8. The number of carbonyl (C=O) groups is 1. The standard InChI is InChI=1S/C10H10N6O/c17-10(9-13-15-16-14-9)12-7-1-2-8-6(5-7)3-4-11-8/h1-2,5,11H,3-4H2,(H,12,17)(H,13,14,15,16). The van der Waals surface area contributed by atoms with E-state index in [4.69, 9.17) is 0 Å². The van der Waals surface area contributed by atoms with Crippen LogP contribution >= 0.6 is 0 Å². The lowest BCUT2D eigenvalue weighted by molar-refractivity contribution is 0.101. The summed E-state index contributed by atoms with van der Waals surface area (Å²) in [6.07, 6.45) is 0.973. The van der Waals surface area contributed by atoms with Crippen molar-refractivity contribution >= 4 is 17.3 Å². The van der Waals surface area contributed by atoms with Crippen molar-refractivity contribution in [2.24, 2.45) is 0 Å². The van der Waals surface area contributed by atoms with Gasteiger partial charge in [-0.1, -0.05) is 0 Å². The summed E-state index contributed by atoms with van der Waals surface area (Å²) < 4.78 is 0. The first-order chi connectivity index (χ1) is 8.33. The molecule has 1 aromatic carbocycles. The third-order valence-electron chi connectivity index (χ3n) is 2.62. The van der Waals surface area contributed by atoms with E-state index < -0.39 is 0 Å². The highest BCUT2D eigenvalue weighted by Crippen LogP contribution is 2.25. The van der Waals surface area contributed by atoms with Gasteiger partial charge in [0.05, 0.1) is 0 Å². The number of nitrogens with zero attached hydrogens (tertiary/aromatic N) is 3. The van der Waals surface area contributed by atoms with E-state index in [2.05, 4.69) is 31.3 Å². The summed E-state index contributed by atoms with van der Waals surface area (Å²) in [4.78, 5) is 11.7. The highest BCUT2D eigenvalue weighted by atomic mass is 16.2. The van der Waals surface area contributed by atoms with Gasteiger partial charge in [-0.25, -0.2) is 0 Å². The van der Waals surface area contributed by atoms with E-state index in [1.807, 2.05) is 18.2 Å². The van der Waals surface area contributed by atoms with E-state index in [-0.39, 0.29) is 11.7 Å². The summed E-state index contributed by atoms with van der Waals surface area (Å²) in [5.74, 6) is -0.340. The molecule has 2 aromatic rings. The van der Waals surface area contributed by atoms with Crippen LogP contribution in [0.15, 0.2) is 18.2 Å². The maximum Gasteiger partial charge on any atom is 0.297 e. The number of fused-ring (bicyclic) bond motifs is 1. The molecule has 0 atom stereocenters. The molecule has 1 aromatic heterocycles. The fourth-order valence-electron chi connectivity index (χ4n) is 1.83. The molecule has 0 unspecified atom stereocenters. The second-order valence-corrected chi connectivity index (χ2v) is 3.74. The summed E-state index contributed by atoms with van der Waals surface area (Å²) >= 11 is 0. The predicted octanol–water partition coefficient (Wildman–Crippen LogP) is 0.420. The Labute approximate surface area is 96.6 Å². The van der Waals surface area contributed by atoms with Gasteiger partial charge in [-0.05, 0) is 35.4 Å². The van der Waals surface area contributed by atoms with Crippen LogP contribution in [0.4, 0.5) is 11.4 Å². The minimum absolute atomic E-state index is 0.0311. The number of tetrazole rings is 1. The monoisotopic (exact) mass is 230 g/mol. The van der Waals surface area contributed by atoms with Gasteiger partial charge in [-0.3, -0.25) is 4.79 Å². The molecule has 0 radical (unpaired) electrons. The van der Waals surface area contributed by atoms with Gasteiger partial charge in [0.2, 0.25) is 0 Å². The first-order valence-electron chi connectivity index (χ1n) is 5.24. The van der Waals surface area contributed by atoms with E-state index in [9.17, 15) is 4.79 Å². The highest BCUT2D eigenvalue weighted by molar-refractivity contribution is 6.01. The van der Waals surface area contributed by atoms with Crippen LogP contribution in [0.2, 0.25) is 0 Å². The van der Waals surface area contributed by atoms with Gasteiger partial charge in [0.1, 0.15) is 0 Å². The van der Waals surface area contributed by atoms with E-state index in [0.717, 1.165) is 24.3 Å². The maximum absolute atomic E-state index is 11.7. The molecule has 7 nitrogen and oxygen atoms in total. The molecule has 1 amide bonds. The summed E-state index contributed by atoms with van der Waals surface area (Å²) in [5.41, 5.74) is 3.07. The molecule has 86 valence electrons. The van der Waals surface area contributed by atoms with Crippen molar-refractivity contribution in [2.75, 3.05) is 17.2 Å². The molecular weight excluding hydrogens is 220 g/mol. The van der Waals surface area contributed by atoms with Crippen molar-refractivity contribution < 1.29 is 4.79 Å². The second-order valence-electron chi connectivity index (χ2n) is 3.74. The van der Waals surface area contributed by atoms with Crippen LogP contribution in [-0.2, 0) is 6.42 Å². The van der Waals surface area contributed by atoms with Crippen LogP contribution in [-0.4, -0.2) is 33.1 Å².